The number of hydrogen-bond donors (Lipinski definition) is 3. The zero-order chi connectivity index (χ0) is 21.8. The van der Waals surface area contributed by atoms with E-state index in [9.17, 15) is 4.79 Å². The largest absolute Gasteiger partial charge is 0.444 e. The van der Waals surface area contributed by atoms with Gasteiger partial charge in [0.25, 0.3) is 0 Å². The summed E-state index contributed by atoms with van der Waals surface area (Å²) in [5, 5.41) is 9.35. The topological polar surface area (TPSA) is 107 Å². The zero-order valence-electron chi connectivity index (χ0n) is 19.1. The smallest absolute Gasteiger partial charge is 0.407 e. The Morgan fingerprint density at radius 1 is 1.06 bits per heavy atom. The van der Waals surface area contributed by atoms with Crippen LogP contribution in [0.3, 0.4) is 0 Å². The summed E-state index contributed by atoms with van der Waals surface area (Å²) in [6.07, 6.45) is 3.96. The molecule has 0 aliphatic carbocycles. The van der Waals surface area contributed by atoms with E-state index < -0.39 is 5.60 Å². The predicted molar refractivity (Wildman–Crippen MR) is 134 cm³/mol. The van der Waals surface area contributed by atoms with E-state index in [4.69, 9.17) is 4.74 Å². The summed E-state index contributed by atoms with van der Waals surface area (Å²) < 4.78 is 5.21. The van der Waals surface area contributed by atoms with Crippen LogP contribution in [-0.2, 0) is 4.74 Å². The molecule has 0 bridgehead atoms. The average molecular weight is 548 g/mol. The Kier molecular flexibility index (Phi) is 12.5. The minimum Gasteiger partial charge on any atom is -0.444 e. The molecule has 0 spiro atoms. The van der Waals surface area contributed by atoms with Gasteiger partial charge in [-0.3, -0.25) is 9.89 Å². The minimum absolute atomic E-state index is 0. The van der Waals surface area contributed by atoms with Gasteiger partial charge in [-0.25, -0.2) is 14.8 Å². The van der Waals surface area contributed by atoms with Crippen LogP contribution in [0.4, 0.5) is 10.7 Å². The number of nitrogens with one attached hydrogen (secondary N) is 3. The number of carbonyl (C=O) groups excluding carboxylic acids is 1. The van der Waals surface area contributed by atoms with Crippen LogP contribution in [0.15, 0.2) is 23.5 Å². The van der Waals surface area contributed by atoms with Crippen molar-refractivity contribution in [3.8, 4) is 0 Å². The average Bonchev–Trinajstić information content (AvgIpc) is 2.72. The molecule has 2 rings (SSSR count). The molecule has 10 nitrogen and oxygen atoms in total. The monoisotopic (exact) mass is 548 g/mol. The number of rotatable bonds is 8. The molecule has 1 fully saturated rings. The van der Waals surface area contributed by atoms with Crippen LogP contribution in [0.5, 0.6) is 0 Å². The fourth-order valence-corrected chi connectivity index (χ4v) is 2.98. The Labute approximate surface area is 202 Å². The molecule has 1 aliphatic rings. The Morgan fingerprint density at radius 3 is 2.29 bits per heavy atom. The standard InChI is InChI=1S/C20H36N8O2.HI/c1-20(2,3)30-19(29)26-10-5-7-22-17(21-4)23-11-12-27-13-15-28(16-14-27)18-24-8-6-9-25-18;/h6,8-9H,5,7,10-16H2,1-4H3,(H,26,29)(H2,21,22,23);1H. The van der Waals surface area contributed by atoms with Gasteiger partial charge >= 0.3 is 6.09 Å². The van der Waals surface area contributed by atoms with E-state index in [2.05, 4.69) is 40.7 Å². The summed E-state index contributed by atoms with van der Waals surface area (Å²) in [5.74, 6) is 1.57. The number of hydrogen-bond acceptors (Lipinski definition) is 7. The van der Waals surface area contributed by atoms with Gasteiger partial charge < -0.3 is 25.6 Å². The second-order valence-corrected chi connectivity index (χ2v) is 8.09. The second kappa shape index (κ2) is 14.2. The van der Waals surface area contributed by atoms with Crippen molar-refractivity contribution in [1.29, 1.82) is 0 Å². The number of amides is 1. The zero-order valence-corrected chi connectivity index (χ0v) is 21.4. The summed E-state index contributed by atoms with van der Waals surface area (Å²) in [6, 6.07) is 1.84. The van der Waals surface area contributed by atoms with Gasteiger partial charge in [0, 0.05) is 71.8 Å². The molecule has 31 heavy (non-hydrogen) atoms. The van der Waals surface area contributed by atoms with Crippen molar-refractivity contribution >= 4 is 42.0 Å². The lowest BCUT2D eigenvalue weighted by Crippen LogP contribution is -2.49. The van der Waals surface area contributed by atoms with Crippen LogP contribution in [0.25, 0.3) is 0 Å². The van der Waals surface area contributed by atoms with E-state index in [0.29, 0.717) is 13.1 Å². The highest BCUT2D eigenvalue weighted by molar-refractivity contribution is 14.0. The summed E-state index contributed by atoms with van der Waals surface area (Å²) in [5.41, 5.74) is -0.476. The molecule has 1 aromatic heterocycles. The number of aliphatic imine (C=N–C) groups is 1. The first kappa shape index (κ1) is 27.1. The van der Waals surface area contributed by atoms with Gasteiger partial charge in [0.15, 0.2) is 5.96 Å². The van der Waals surface area contributed by atoms with Crippen LogP contribution < -0.4 is 20.9 Å². The summed E-state index contributed by atoms with van der Waals surface area (Å²) in [6.45, 7) is 12.4. The molecule has 1 aliphatic heterocycles. The Balaban J connectivity index is 0.00000480. The number of carbonyl (C=O) groups is 1. The van der Waals surface area contributed by atoms with Crippen LogP contribution in [0.1, 0.15) is 27.2 Å². The Morgan fingerprint density at radius 2 is 1.68 bits per heavy atom. The van der Waals surface area contributed by atoms with Gasteiger partial charge in [-0.2, -0.15) is 0 Å². The molecule has 0 saturated carbocycles. The first-order valence-electron chi connectivity index (χ1n) is 10.5. The highest BCUT2D eigenvalue weighted by Crippen LogP contribution is 2.09. The first-order chi connectivity index (χ1) is 14.4. The van der Waals surface area contributed by atoms with E-state index >= 15 is 0 Å². The lowest BCUT2D eigenvalue weighted by Gasteiger charge is -2.34. The van der Waals surface area contributed by atoms with E-state index in [0.717, 1.165) is 57.6 Å². The highest BCUT2D eigenvalue weighted by Gasteiger charge is 2.18. The van der Waals surface area contributed by atoms with Crippen LogP contribution in [-0.4, -0.2) is 91.9 Å². The molecular weight excluding hydrogens is 511 g/mol. The first-order valence-corrected chi connectivity index (χ1v) is 10.5. The SMILES string of the molecule is CN=C(NCCCNC(=O)OC(C)(C)C)NCCN1CCN(c2ncccn2)CC1.I. The summed E-state index contributed by atoms with van der Waals surface area (Å²) in [7, 11) is 1.76. The fourth-order valence-electron chi connectivity index (χ4n) is 2.98. The van der Waals surface area contributed by atoms with Gasteiger partial charge in [0.05, 0.1) is 0 Å². The van der Waals surface area contributed by atoms with Crippen LogP contribution in [0, 0.1) is 0 Å². The molecule has 0 unspecified atom stereocenters. The Hall–Kier alpha value is -1.89. The molecule has 11 heteroatoms. The number of anilines is 1. The van der Waals surface area contributed by atoms with Crippen molar-refractivity contribution in [3.05, 3.63) is 18.5 Å². The van der Waals surface area contributed by atoms with Crippen molar-refractivity contribution in [2.24, 2.45) is 4.99 Å². The van der Waals surface area contributed by atoms with Gasteiger partial charge in [0.1, 0.15) is 5.60 Å². The van der Waals surface area contributed by atoms with E-state index in [-0.39, 0.29) is 30.1 Å². The molecule has 2 heterocycles. The maximum absolute atomic E-state index is 11.6. The molecule has 1 saturated heterocycles. The third-order valence-electron chi connectivity index (χ3n) is 4.47. The van der Waals surface area contributed by atoms with Crippen LogP contribution in [0.2, 0.25) is 0 Å². The van der Waals surface area contributed by atoms with E-state index in [1.165, 1.54) is 0 Å². The molecule has 1 aromatic rings. The molecule has 1 amide bonds. The predicted octanol–water partition coefficient (Wildman–Crippen LogP) is 1.30. The molecule has 3 N–H and O–H groups in total. The van der Waals surface area contributed by atoms with Gasteiger partial charge in [0.2, 0.25) is 5.95 Å². The molecule has 0 radical (unpaired) electrons. The molecule has 0 atom stereocenters. The van der Waals surface area contributed by atoms with Crippen molar-refractivity contribution in [3.63, 3.8) is 0 Å². The Bertz CT molecular complexity index is 661. The van der Waals surface area contributed by atoms with Gasteiger partial charge in [-0.1, -0.05) is 0 Å². The number of aromatic nitrogens is 2. The lowest BCUT2D eigenvalue weighted by molar-refractivity contribution is 0.0527. The van der Waals surface area contributed by atoms with E-state index in [1.807, 2.05) is 26.8 Å². The summed E-state index contributed by atoms with van der Waals surface area (Å²) in [4.78, 5) is 29.1. The maximum Gasteiger partial charge on any atom is 0.407 e. The lowest BCUT2D eigenvalue weighted by atomic mass is 10.2. The number of alkyl carbamates (subject to hydrolysis) is 1. The molecule has 176 valence electrons. The maximum atomic E-state index is 11.6. The van der Waals surface area contributed by atoms with Crippen molar-refractivity contribution in [2.75, 3.05) is 64.3 Å². The van der Waals surface area contributed by atoms with Gasteiger partial charge in [-0.05, 0) is 33.3 Å². The quantitative estimate of drug-likeness (QED) is 0.193. The number of guanidine groups is 1. The number of nitrogens with zero attached hydrogens (tertiary/aromatic N) is 5. The normalized spacial score (nSPS) is 15.1. The fraction of sp³-hybridized carbons (Fsp3) is 0.700. The van der Waals surface area contributed by atoms with Crippen molar-refractivity contribution in [1.82, 2.24) is 30.8 Å². The highest BCUT2D eigenvalue weighted by atomic mass is 127. The minimum atomic E-state index is -0.476. The third-order valence-corrected chi connectivity index (χ3v) is 4.47. The third kappa shape index (κ3) is 11.3. The number of ether oxygens (including phenoxy) is 1. The molecule has 0 aromatic carbocycles. The van der Waals surface area contributed by atoms with Crippen molar-refractivity contribution < 1.29 is 9.53 Å². The summed E-state index contributed by atoms with van der Waals surface area (Å²) >= 11 is 0. The van der Waals surface area contributed by atoms with Crippen molar-refractivity contribution in [2.45, 2.75) is 32.8 Å². The second-order valence-electron chi connectivity index (χ2n) is 8.09. The molecular formula is C20H37IN8O2. The number of piperazine rings is 1. The number of halogens is 1. The van der Waals surface area contributed by atoms with Crippen LogP contribution >= 0.6 is 24.0 Å². The van der Waals surface area contributed by atoms with E-state index in [1.54, 1.807) is 19.4 Å². The van der Waals surface area contributed by atoms with Gasteiger partial charge in [-0.15, -0.1) is 24.0 Å².